The first-order valence-electron chi connectivity index (χ1n) is 19.4. The van der Waals surface area contributed by atoms with Crippen LogP contribution in [0.2, 0.25) is 0 Å². The Bertz CT molecular complexity index is 861. The maximum atomic E-state index is 12.6. The second-order valence-electron chi connectivity index (χ2n) is 13.4. The molecular weight excluding hydrogens is 628 g/mol. The van der Waals surface area contributed by atoms with Gasteiger partial charge >= 0.3 is 11.9 Å². The molecule has 2 unspecified atom stereocenters. The van der Waals surface area contributed by atoms with E-state index in [0.29, 0.717) is 12.8 Å². The zero-order valence-corrected chi connectivity index (χ0v) is 30.7. The second kappa shape index (κ2) is 31.0. The van der Waals surface area contributed by atoms with E-state index < -0.39 is 55.4 Å². The van der Waals surface area contributed by atoms with E-state index in [2.05, 4.69) is 38.2 Å². The molecule has 4 N–H and O–H groups in total. The number of carbonyl (C=O) groups is 2. The Kier molecular flexibility index (Phi) is 28.6. The third-order valence-electron chi connectivity index (χ3n) is 8.84. The van der Waals surface area contributed by atoms with Crippen LogP contribution in [0.4, 0.5) is 0 Å². The van der Waals surface area contributed by atoms with Crippen LogP contribution in [-0.2, 0) is 28.5 Å². The predicted octanol–water partition coefficient (Wildman–Crippen LogP) is 6.99. The van der Waals surface area contributed by atoms with E-state index in [0.717, 1.165) is 64.2 Å². The van der Waals surface area contributed by atoms with Crippen LogP contribution in [0.25, 0.3) is 0 Å². The van der Waals surface area contributed by atoms with E-state index >= 15 is 0 Å². The van der Waals surface area contributed by atoms with E-state index in [1.165, 1.54) is 51.4 Å². The number of aliphatic hydroxyl groups excluding tert-OH is 4. The minimum atomic E-state index is -1.59. The molecule has 0 aromatic rings. The first-order chi connectivity index (χ1) is 23.8. The minimum Gasteiger partial charge on any atom is -0.462 e. The number of allylic oxidation sites excluding steroid dienone is 4. The quantitative estimate of drug-likeness (QED) is 0.0339. The van der Waals surface area contributed by atoms with Crippen LogP contribution in [0.1, 0.15) is 155 Å². The lowest BCUT2D eigenvalue weighted by molar-refractivity contribution is -0.305. The standard InChI is InChI=1S/C39H70O10/c1-3-5-7-9-11-13-15-16-17-18-20-21-23-25-27-34(41)46-30-32(31-47-39-38(45)37(44)36(43)33(29-40)49-39)48-35(42)28-26-24-22-19-14-12-10-8-6-4-2/h9,11,15-16,32-33,36-40,43-45H,3-8,10,12-14,17-31H2,1-2H3/b11-9+,16-15+/t32-,33-,36+,37?,38?,39-/m0/s1. The fourth-order valence-corrected chi connectivity index (χ4v) is 5.67. The summed E-state index contributed by atoms with van der Waals surface area (Å²) in [6.07, 6.45) is 23.3. The van der Waals surface area contributed by atoms with Gasteiger partial charge in [-0.1, -0.05) is 128 Å². The van der Waals surface area contributed by atoms with E-state index in [9.17, 15) is 30.0 Å². The van der Waals surface area contributed by atoms with Crippen LogP contribution < -0.4 is 0 Å². The maximum Gasteiger partial charge on any atom is 0.306 e. The highest BCUT2D eigenvalue weighted by molar-refractivity contribution is 5.70. The molecule has 1 saturated heterocycles. The summed E-state index contributed by atoms with van der Waals surface area (Å²) in [5, 5.41) is 39.9. The van der Waals surface area contributed by atoms with Crippen molar-refractivity contribution in [2.75, 3.05) is 19.8 Å². The van der Waals surface area contributed by atoms with E-state index in [1.54, 1.807) is 0 Å². The number of unbranched alkanes of at least 4 members (excludes halogenated alkanes) is 16. The lowest BCUT2D eigenvalue weighted by Gasteiger charge is -2.39. The molecule has 0 radical (unpaired) electrons. The third kappa shape index (κ3) is 23.3. The number of ether oxygens (including phenoxy) is 4. The van der Waals surface area contributed by atoms with Crippen molar-refractivity contribution in [3.8, 4) is 0 Å². The summed E-state index contributed by atoms with van der Waals surface area (Å²) in [5.41, 5.74) is 0. The van der Waals surface area contributed by atoms with Gasteiger partial charge in [-0.25, -0.2) is 0 Å². The monoisotopic (exact) mass is 698 g/mol. The summed E-state index contributed by atoms with van der Waals surface area (Å²) >= 11 is 0. The summed E-state index contributed by atoms with van der Waals surface area (Å²) in [4.78, 5) is 25.1. The van der Waals surface area contributed by atoms with Gasteiger partial charge in [-0.05, 0) is 38.5 Å². The van der Waals surface area contributed by atoms with Crippen LogP contribution in [0, 0.1) is 0 Å². The molecule has 1 aliphatic heterocycles. The Morgan fingerprint density at radius 1 is 0.633 bits per heavy atom. The average Bonchev–Trinajstić information content (AvgIpc) is 3.10. The summed E-state index contributed by atoms with van der Waals surface area (Å²) in [6, 6.07) is 0. The largest absolute Gasteiger partial charge is 0.462 e. The van der Waals surface area contributed by atoms with Gasteiger partial charge in [0.05, 0.1) is 13.2 Å². The molecule has 0 amide bonds. The summed E-state index contributed by atoms with van der Waals surface area (Å²) in [6.45, 7) is 3.33. The third-order valence-corrected chi connectivity index (χ3v) is 8.84. The molecule has 0 bridgehead atoms. The second-order valence-corrected chi connectivity index (χ2v) is 13.4. The number of carbonyl (C=O) groups excluding carboxylic acids is 2. The van der Waals surface area contributed by atoms with Crippen LogP contribution in [0.5, 0.6) is 0 Å². The highest BCUT2D eigenvalue weighted by atomic mass is 16.7. The number of rotatable bonds is 31. The Morgan fingerprint density at radius 2 is 1.16 bits per heavy atom. The Hall–Kier alpha value is -1.82. The fraction of sp³-hybridized carbons (Fsp3) is 0.846. The molecule has 1 heterocycles. The molecule has 1 fully saturated rings. The van der Waals surface area contributed by atoms with Crippen LogP contribution >= 0.6 is 0 Å². The van der Waals surface area contributed by atoms with Crippen LogP contribution in [0.3, 0.4) is 0 Å². The molecular formula is C39H70O10. The topological polar surface area (TPSA) is 152 Å². The number of hydrogen-bond donors (Lipinski definition) is 4. The van der Waals surface area contributed by atoms with Crippen molar-refractivity contribution in [1.29, 1.82) is 0 Å². The molecule has 0 aromatic carbocycles. The molecule has 0 aromatic heterocycles. The average molecular weight is 699 g/mol. The SMILES string of the molecule is CCCC/C=C/C/C=C/CCCCCCCC(=O)OC[C@@H](CO[C@H]1O[C@@H](CO)[C@@H](O)C(O)C1O)OC(=O)CCCCCCCCCCCC. The molecule has 1 aliphatic rings. The van der Waals surface area contributed by atoms with Crippen LogP contribution in [-0.4, -0.2) is 89.0 Å². The molecule has 10 nitrogen and oxygen atoms in total. The molecule has 6 atom stereocenters. The normalized spacial score (nSPS) is 21.8. The molecule has 286 valence electrons. The lowest BCUT2D eigenvalue weighted by Crippen LogP contribution is -2.59. The van der Waals surface area contributed by atoms with Gasteiger partial charge in [0.1, 0.15) is 31.0 Å². The van der Waals surface area contributed by atoms with Gasteiger partial charge in [0.2, 0.25) is 0 Å². The molecule has 0 aliphatic carbocycles. The zero-order chi connectivity index (χ0) is 36.0. The Morgan fingerprint density at radius 3 is 1.76 bits per heavy atom. The van der Waals surface area contributed by atoms with Crippen molar-refractivity contribution in [2.45, 2.75) is 192 Å². The lowest BCUT2D eigenvalue weighted by atomic mass is 9.99. The Labute approximate surface area is 296 Å². The molecule has 10 heteroatoms. The highest BCUT2D eigenvalue weighted by Crippen LogP contribution is 2.22. The zero-order valence-electron chi connectivity index (χ0n) is 30.7. The van der Waals surface area contributed by atoms with E-state index in [-0.39, 0.29) is 26.1 Å². The summed E-state index contributed by atoms with van der Waals surface area (Å²) in [5.74, 6) is -0.824. The minimum absolute atomic E-state index is 0.222. The van der Waals surface area contributed by atoms with E-state index in [1.807, 2.05) is 0 Å². The molecule has 0 spiro atoms. The van der Waals surface area contributed by atoms with Gasteiger partial charge < -0.3 is 39.4 Å². The van der Waals surface area contributed by atoms with E-state index in [4.69, 9.17) is 18.9 Å². The predicted molar refractivity (Wildman–Crippen MR) is 192 cm³/mol. The number of aliphatic hydroxyl groups is 4. The van der Waals surface area contributed by atoms with Gasteiger partial charge in [-0.3, -0.25) is 9.59 Å². The smallest absolute Gasteiger partial charge is 0.306 e. The maximum absolute atomic E-state index is 12.6. The number of hydrogen-bond acceptors (Lipinski definition) is 10. The van der Waals surface area contributed by atoms with Crippen molar-refractivity contribution >= 4 is 11.9 Å². The molecule has 49 heavy (non-hydrogen) atoms. The van der Waals surface area contributed by atoms with Gasteiger partial charge in [0.25, 0.3) is 0 Å². The highest BCUT2D eigenvalue weighted by Gasteiger charge is 2.44. The summed E-state index contributed by atoms with van der Waals surface area (Å²) in [7, 11) is 0. The van der Waals surface area contributed by atoms with Crippen molar-refractivity contribution in [3.63, 3.8) is 0 Å². The van der Waals surface area contributed by atoms with Crippen molar-refractivity contribution in [2.24, 2.45) is 0 Å². The van der Waals surface area contributed by atoms with Crippen LogP contribution in [0.15, 0.2) is 24.3 Å². The first kappa shape index (κ1) is 45.2. The van der Waals surface area contributed by atoms with Gasteiger partial charge in [-0.15, -0.1) is 0 Å². The Balaban J connectivity index is 2.40. The van der Waals surface area contributed by atoms with Crippen molar-refractivity contribution in [1.82, 2.24) is 0 Å². The number of esters is 2. The van der Waals surface area contributed by atoms with Gasteiger partial charge in [0.15, 0.2) is 12.4 Å². The molecule has 1 rings (SSSR count). The van der Waals surface area contributed by atoms with Crippen molar-refractivity contribution in [3.05, 3.63) is 24.3 Å². The first-order valence-corrected chi connectivity index (χ1v) is 19.4. The van der Waals surface area contributed by atoms with Gasteiger partial charge in [-0.2, -0.15) is 0 Å². The fourth-order valence-electron chi connectivity index (χ4n) is 5.67. The summed E-state index contributed by atoms with van der Waals surface area (Å²) < 4.78 is 22.0. The van der Waals surface area contributed by atoms with Gasteiger partial charge in [0, 0.05) is 12.8 Å². The van der Waals surface area contributed by atoms with Crippen molar-refractivity contribution < 1.29 is 49.0 Å². The molecule has 0 saturated carbocycles.